The van der Waals surface area contributed by atoms with Crippen LogP contribution in [0.3, 0.4) is 0 Å². The summed E-state index contributed by atoms with van der Waals surface area (Å²) < 4.78 is 0. The second kappa shape index (κ2) is 6.62. The van der Waals surface area contributed by atoms with Gasteiger partial charge in [0.05, 0.1) is 0 Å². The highest BCUT2D eigenvalue weighted by atomic mass is 35.5. The molecule has 0 heterocycles. The van der Waals surface area contributed by atoms with Gasteiger partial charge in [0, 0.05) is 23.5 Å². The quantitative estimate of drug-likeness (QED) is 0.844. The van der Waals surface area contributed by atoms with Gasteiger partial charge in [-0.25, -0.2) is 0 Å². The molecule has 0 spiro atoms. The maximum atomic E-state index is 11.6. The Labute approximate surface area is 107 Å². The predicted octanol–water partition coefficient (Wildman–Crippen LogP) is 1.98. The molecule has 3 nitrogen and oxygen atoms in total. The van der Waals surface area contributed by atoms with Crippen LogP contribution in [0.4, 0.5) is 0 Å². The van der Waals surface area contributed by atoms with Gasteiger partial charge < -0.3 is 11.1 Å². The Kier molecular flexibility index (Phi) is 5.45. The van der Waals surface area contributed by atoms with E-state index in [-0.39, 0.29) is 17.9 Å². The van der Waals surface area contributed by atoms with E-state index in [1.807, 2.05) is 38.1 Å². The van der Waals surface area contributed by atoms with Crippen LogP contribution in [0.2, 0.25) is 5.02 Å². The van der Waals surface area contributed by atoms with E-state index in [1.165, 1.54) is 0 Å². The Bertz CT molecular complexity index is 364. The summed E-state index contributed by atoms with van der Waals surface area (Å²) >= 11 is 5.81. The van der Waals surface area contributed by atoms with Crippen LogP contribution in [-0.4, -0.2) is 18.5 Å². The third kappa shape index (κ3) is 4.75. The van der Waals surface area contributed by atoms with E-state index >= 15 is 0 Å². The van der Waals surface area contributed by atoms with E-state index in [4.69, 9.17) is 17.3 Å². The monoisotopic (exact) mass is 254 g/mol. The van der Waals surface area contributed by atoms with Gasteiger partial charge >= 0.3 is 0 Å². The summed E-state index contributed by atoms with van der Waals surface area (Å²) in [6.07, 6.45) is 0.792. The maximum absolute atomic E-state index is 11.6. The van der Waals surface area contributed by atoms with Crippen LogP contribution in [0, 0.1) is 5.92 Å². The molecule has 3 N–H and O–H groups in total. The summed E-state index contributed by atoms with van der Waals surface area (Å²) in [5.41, 5.74) is 6.60. The van der Waals surface area contributed by atoms with Crippen molar-refractivity contribution in [1.29, 1.82) is 0 Å². The average molecular weight is 255 g/mol. The minimum atomic E-state index is -0.136. The van der Waals surface area contributed by atoms with Crippen LogP contribution in [0.1, 0.15) is 19.4 Å². The normalized spacial score (nSPS) is 14.1. The van der Waals surface area contributed by atoms with Gasteiger partial charge in [-0.1, -0.05) is 30.7 Å². The standard InChI is InChI=1S/C13H19ClN2O/c1-9(8-15)13(17)16-10(2)7-11-3-5-12(14)6-4-11/h3-6,9-10H,7-8,15H2,1-2H3,(H,16,17). The summed E-state index contributed by atoms with van der Waals surface area (Å²) in [4.78, 5) is 11.6. The maximum Gasteiger partial charge on any atom is 0.224 e. The highest BCUT2D eigenvalue weighted by molar-refractivity contribution is 6.30. The van der Waals surface area contributed by atoms with Crippen molar-refractivity contribution >= 4 is 17.5 Å². The number of hydrogen-bond acceptors (Lipinski definition) is 2. The Hall–Kier alpha value is -1.06. The molecule has 1 amide bonds. The minimum Gasteiger partial charge on any atom is -0.353 e. The van der Waals surface area contributed by atoms with E-state index < -0.39 is 0 Å². The molecular formula is C13H19ClN2O. The first-order valence-electron chi connectivity index (χ1n) is 5.77. The van der Waals surface area contributed by atoms with Gasteiger partial charge in [-0.2, -0.15) is 0 Å². The molecule has 0 aliphatic rings. The average Bonchev–Trinajstić information content (AvgIpc) is 2.30. The van der Waals surface area contributed by atoms with E-state index in [9.17, 15) is 4.79 Å². The fourth-order valence-corrected chi connectivity index (χ4v) is 1.64. The molecule has 94 valence electrons. The van der Waals surface area contributed by atoms with E-state index in [1.54, 1.807) is 0 Å². The number of nitrogens with two attached hydrogens (primary N) is 1. The number of rotatable bonds is 5. The first-order valence-corrected chi connectivity index (χ1v) is 6.15. The van der Waals surface area contributed by atoms with Crippen molar-refractivity contribution in [3.63, 3.8) is 0 Å². The molecule has 0 saturated carbocycles. The Morgan fingerprint density at radius 3 is 2.47 bits per heavy atom. The fourth-order valence-electron chi connectivity index (χ4n) is 1.52. The van der Waals surface area contributed by atoms with Crippen molar-refractivity contribution in [2.75, 3.05) is 6.54 Å². The van der Waals surface area contributed by atoms with Gasteiger partial charge in [-0.05, 0) is 31.0 Å². The highest BCUT2D eigenvalue weighted by Crippen LogP contribution is 2.11. The number of carbonyl (C=O) groups excluding carboxylic acids is 1. The number of halogens is 1. The van der Waals surface area contributed by atoms with Gasteiger partial charge in [-0.3, -0.25) is 4.79 Å². The van der Waals surface area contributed by atoms with Crippen LogP contribution in [0.15, 0.2) is 24.3 Å². The van der Waals surface area contributed by atoms with Gasteiger partial charge in [0.1, 0.15) is 0 Å². The summed E-state index contributed by atoms with van der Waals surface area (Å²) in [7, 11) is 0. The SMILES string of the molecule is CC(Cc1ccc(Cl)cc1)NC(=O)C(C)CN. The molecule has 1 rings (SSSR count). The molecule has 0 bridgehead atoms. The van der Waals surface area contributed by atoms with E-state index in [0.29, 0.717) is 6.54 Å². The smallest absolute Gasteiger partial charge is 0.224 e. The van der Waals surface area contributed by atoms with Gasteiger partial charge in [-0.15, -0.1) is 0 Å². The van der Waals surface area contributed by atoms with Crippen LogP contribution in [-0.2, 0) is 11.2 Å². The molecule has 0 aliphatic carbocycles. The van der Waals surface area contributed by atoms with Crippen molar-refractivity contribution in [2.45, 2.75) is 26.3 Å². The van der Waals surface area contributed by atoms with Crippen molar-refractivity contribution in [2.24, 2.45) is 11.7 Å². The lowest BCUT2D eigenvalue weighted by molar-refractivity contribution is -0.124. The van der Waals surface area contributed by atoms with Crippen LogP contribution >= 0.6 is 11.6 Å². The molecule has 0 fully saturated rings. The molecule has 0 aliphatic heterocycles. The topological polar surface area (TPSA) is 55.1 Å². The van der Waals surface area contributed by atoms with Crippen molar-refractivity contribution in [3.8, 4) is 0 Å². The summed E-state index contributed by atoms with van der Waals surface area (Å²) in [6, 6.07) is 7.74. The lowest BCUT2D eigenvalue weighted by Crippen LogP contribution is -2.39. The van der Waals surface area contributed by atoms with Crippen molar-refractivity contribution < 1.29 is 4.79 Å². The molecule has 0 radical (unpaired) electrons. The highest BCUT2D eigenvalue weighted by Gasteiger charge is 2.13. The van der Waals surface area contributed by atoms with Crippen molar-refractivity contribution in [1.82, 2.24) is 5.32 Å². The first kappa shape index (κ1) is 14.0. The number of benzene rings is 1. The number of carbonyl (C=O) groups is 1. The Morgan fingerprint density at radius 1 is 1.35 bits per heavy atom. The van der Waals surface area contributed by atoms with Crippen molar-refractivity contribution in [3.05, 3.63) is 34.9 Å². The molecule has 1 aromatic rings. The van der Waals surface area contributed by atoms with Gasteiger partial charge in [0.2, 0.25) is 5.91 Å². The van der Waals surface area contributed by atoms with Crippen LogP contribution in [0.5, 0.6) is 0 Å². The minimum absolute atomic E-state index is 0.00830. The molecule has 4 heteroatoms. The Morgan fingerprint density at radius 2 is 1.94 bits per heavy atom. The van der Waals surface area contributed by atoms with Crippen LogP contribution < -0.4 is 11.1 Å². The Balaban J connectivity index is 2.47. The number of hydrogen-bond donors (Lipinski definition) is 2. The fraction of sp³-hybridized carbons (Fsp3) is 0.462. The molecule has 0 aromatic heterocycles. The zero-order chi connectivity index (χ0) is 12.8. The summed E-state index contributed by atoms with van der Waals surface area (Å²) in [5.74, 6) is -0.128. The molecule has 17 heavy (non-hydrogen) atoms. The second-order valence-electron chi connectivity index (χ2n) is 4.38. The molecule has 1 aromatic carbocycles. The first-order chi connectivity index (χ1) is 8.02. The second-order valence-corrected chi connectivity index (χ2v) is 4.81. The molecule has 0 saturated heterocycles. The molecular weight excluding hydrogens is 236 g/mol. The zero-order valence-corrected chi connectivity index (χ0v) is 11.0. The largest absolute Gasteiger partial charge is 0.353 e. The lowest BCUT2D eigenvalue weighted by Gasteiger charge is -2.16. The van der Waals surface area contributed by atoms with E-state index in [0.717, 1.165) is 17.0 Å². The summed E-state index contributed by atoms with van der Waals surface area (Å²) in [5, 5.41) is 3.67. The van der Waals surface area contributed by atoms with Gasteiger partial charge in [0.25, 0.3) is 0 Å². The molecule has 2 atom stereocenters. The van der Waals surface area contributed by atoms with Gasteiger partial charge in [0.15, 0.2) is 0 Å². The summed E-state index contributed by atoms with van der Waals surface area (Å²) in [6.45, 7) is 4.18. The lowest BCUT2D eigenvalue weighted by atomic mass is 10.1. The van der Waals surface area contributed by atoms with Crippen LogP contribution in [0.25, 0.3) is 0 Å². The zero-order valence-electron chi connectivity index (χ0n) is 10.2. The third-order valence-electron chi connectivity index (χ3n) is 2.64. The number of amides is 1. The number of nitrogens with one attached hydrogen (secondary N) is 1. The third-order valence-corrected chi connectivity index (χ3v) is 2.90. The predicted molar refractivity (Wildman–Crippen MR) is 71.0 cm³/mol. The van der Waals surface area contributed by atoms with E-state index in [2.05, 4.69) is 5.32 Å². The molecule has 2 unspecified atom stereocenters.